The standard InChI is InChI=1S/C12H14F2O5.C12H14F2O4/c1-12(13,14)11(17)18-3-6-4-2-5-7(8(4)15)10(16)19-9(5)6;1-12(13,14)11(16)17-4-8-5-2-6-7(3-5)10(15)18-9(6)8/h4-9,15H,2-3H2,1H3;5-9H,2-4H2,1H3. The first kappa shape index (κ1) is 26.2. The van der Waals surface area contributed by atoms with Crippen molar-refractivity contribution in [2.24, 2.45) is 47.3 Å². The summed E-state index contributed by atoms with van der Waals surface area (Å²) in [6.07, 6.45) is 0.773. The molecule has 4 aliphatic carbocycles. The van der Waals surface area contributed by atoms with Gasteiger partial charge >= 0.3 is 35.7 Å². The summed E-state index contributed by atoms with van der Waals surface area (Å²) in [4.78, 5) is 45.1. The molecule has 6 fully saturated rings. The lowest BCUT2D eigenvalue weighted by Gasteiger charge is -2.28. The molecule has 1 N–H and O–H groups in total. The van der Waals surface area contributed by atoms with Crippen molar-refractivity contribution in [2.45, 2.75) is 63.3 Å². The summed E-state index contributed by atoms with van der Waals surface area (Å²) in [5.41, 5.74) is 0. The fourth-order valence-corrected chi connectivity index (χ4v) is 7.27. The molecule has 6 aliphatic rings. The highest BCUT2D eigenvalue weighted by atomic mass is 19.3. The molecule has 0 amide bonds. The van der Waals surface area contributed by atoms with Crippen molar-refractivity contribution in [3.8, 4) is 0 Å². The zero-order valence-electron chi connectivity index (χ0n) is 20.1. The fourth-order valence-electron chi connectivity index (χ4n) is 7.27. The van der Waals surface area contributed by atoms with E-state index >= 15 is 0 Å². The van der Waals surface area contributed by atoms with Crippen LogP contribution in [-0.4, -0.2) is 72.4 Å². The van der Waals surface area contributed by atoms with Gasteiger partial charge in [-0.05, 0) is 31.1 Å². The molecule has 11 atom stereocenters. The number of carbonyl (C=O) groups is 4. The Bertz CT molecular complexity index is 992. The average molecular weight is 536 g/mol. The van der Waals surface area contributed by atoms with Crippen LogP contribution in [0.2, 0.25) is 0 Å². The zero-order valence-corrected chi connectivity index (χ0v) is 20.1. The van der Waals surface area contributed by atoms with E-state index in [1.165, 1.54) is 0 Å². The summed E-state index contributed by atoms with van der Waals surface area (Å²) >= 11 is 0. The number of aliphatic hydroxyl groups excluding tert-OH is 1. The molecular weight excluding hydrogens is 508 g/mol. The van der Waals surface area contributed by atoms with Crippen molar-refractivity contribution in [2.75, 3.05) is 13.2 Å². The second-order valence-corrected chi connectivity index (χ2v) is 11.2. The van der Waals surface area contributed by atoms with Gasteiger partial charge in [0, 0.05) is 37.5 Å². The highest BCUT2D eigenvalue weighted by molar-refractivity contribution is 5.79. The quantitative estimate of drug-likeness (QED) is 0.307. The number of hydrogen-bond donors (Lipinski definition) is 1. The largest absolute Gasteiger partial charge is 0.461 e. The number of hydrogen-bond acceptors (Lipinski definition) is 9. The minimum atomic E-state index is -3.54. The third kappa shape index (κ3) is 4.36. The Kier molecular flexibility index (Phi) is 6.23. The number of aliphatic hydroxyl groups is 1. The summed E-state index contributed by atoms with van der Waals surface area (Å²) < 4.78 is 70.4. The lowest BCUT2D eigenvalue weighted by atomic mass is 9.80. The topological polar surface area (TPSA) is 125 Å². The number of alkyl halides is 4. The Morgan fingerprint density at radius 1 is 0.838 bits per heavy atom. The van der Waals surface area contributed by atoms with E-state index in [4.69, 9.17) is 9.47 Å². The maximum absolute atomic E-state index is 12.7. The molecular formula is C24H28F4O9. The van der Waals surface area contributed by atoms with Gasteiger partial charge in [-0.3, -0.25) is 9.59 Å². The van der Waals surface area contributed by atoms with Crippen LogP contribution >= 0.6 is 0 Å². The molecule has 206 valence electrons. The van der Waals surface area contributed by atoms with Crippen LogP contribution in [0.15, 0.2) is 0 Å². The van der Waals surface area contributed by atoms with Crippen LogP contribution in [0, 0.1) is 47.3 Å². The van der Waals surface area contributed by atoms with E-state index in [1.54, 1.807) is 0 Å². The van der Waals surface area contributed by atoms with E-state index in [9.17, 15) is 41.8 Å². The summed E-state index contributed by atoms with van der Waals surface area (Å²) in [5, 5.41) is 9.98. The van der Waals surface area contributed by atoms with Gasteiger partial charge in [-0.15, -0.1) is 0 Å². The highest BCUT2D eigenvalue weighted by Gasteiger charge is 2.66. The lowest BCUT2D eigenvalue weighted by Crippen LogP contribution is -2.40. The van der Waals surface area contributed by atoms with E-state index in [-0.39, 0.29) is 66.7 Å². The summed E-state index contributed by atoms with van der Waals surface area (Å²) in [7, 11) is 0. The van der Waals surface area contributed by atoms with E-state index in [0.717, 1.165) is 12.8 Å². The molecule has 11 unspecified atom stereocenters. The fraction of sp³-hybridized carbons (Fsp3) is 0.833. The van der Waals surface area contributed by atoms with Crippen LogP contribution in [0.5, 0.6) is 0 Å². The molecule has 4 saturated carbocycles. The molecule has 0 aromatic carbocycles. The van der Waals surface area contributed by atoms with Crippen LogP contribution in [0.25, 0.3) is 0 Å². The van der Waals surface area contributed by atoms with E-state index in [2.05, 4.69) is 9.47 Å². The monoisotopic (exact) mass is 536 g/mol. The van der Waals surface area contributed by atoms with E-state index in [1.807, 2.05) is 0 Å². The number of esters is 4. The smallest absolute Gasteiger partial charge is 0.376 e. The number of fused-ring (bicyclic) bond motifs is 2. The number of carbonyl (C=O) groups excluding carboxylic acids is 4. The molecule has 13 heteroatoms. The molecule has 4 bridgehead atoms. The normalized spacial score (nSPS) is 42.3. The maximum Gasteiger partial charge on any atom is 0.376 e. The first-order valence-electron chi connectivity index (χ1n) is 12.4. The Morgan fingerprint density at radius 2 is 1.38 bits per heavy atom. The van der Waals surface area contributed by atoms with Crippen LogP contribution < -0.4 is 0 Å². The number of ether oxygens (including phenoxy) is 4. The van der Waals surface area contributed by atoms with Crippen molar-refractivity contribution >= 4 is 23.9 Å². The van der Waals surface area contributed by atoms with Crippen LogP contribution in [0.4, 0.5) is 17.6 Å². The predicted molar refractivity (Wildman–Crippen MR) is 111 cm³/mol. The van der Waals surface area contributed by atoms with Crippen LogP contribution in [0.3, 0.4) is 0 Å². The molecule has 0 radical (unpaired) electrons. The predicted octanol–water partition coefficient (Wildman–Crippen LogP) is 1.74. The van der Waals surface area contributed by atoms with Gasteiger partial charge in [0.25, 0.3) is 0 Å². The van der Waals surface area contributed by atoms with Gasteiger partial charge < -0.3 is 24.1 Å². The molecule has 9 nitrogen and oxygen atoms in total. The molecule has 2 saturated heterocycles. The number of halogens is 4. The van der Waals surface area contributed by atoms with Crippen LogP contribution in [-0.2, 0) is 38.1 Å². The molecule has 2 aliphatic heterocycles. The van der Waals surface area contributed by atoms with Crippen molar-refractivity contribution < 1.29 is 60.8 Å². The minimum Gasteiger partial charge on any atom is -0.461 e. The average Bonchev–Trinajstić information content (AvgIpc) is 3.58. The van der Waals surface area contributed by atoms with Crippen molar-refractivity contribution in [1.82, 2.24) is 0 Å². The lowest BCUT2D eigenvalue weighted by molar-refractivity contribution is -0.173. The molecule has 0 aromatic rings. The Hall–Kier alpha value is -2.44. The Morgan fingerprint density at radius 3 is 1.97 bits per heavy atom. The van der Waals surface area contributed by atoms with Crippen LogP contribution in [0.1, 0.15) is 33.1 Å². The molecule has 37 heavy (non-hydrogen) atoms. The SMILES string of the molecule is CC(F)(F)C(=O)OCC1C2CC3C(=O)OC1C3C2.CC(F)(F)C(=O)OCC1C2CC3C1OC(=O)C3C2O. The second-order valence-electron chi connectivity index (χ2n) is 11.2. The Labute approximate surface area is 209 Å². The van der Waals surface area contributed by atoms with E-state index < -0.39 is 47.9 Å². The molecule has 6 rings (SSSR count). The van der Waals surface area contributed by atoms with Gasteiger partial charge in [0.05, 0.1) is 31.2 Å². The Balaban J connectivity index is 0.000000152. The van der Waals surface area contributed by atoms with Gasteiger partial charge in [0.2, 0.25) is 0 Å². The van der Waals surface area contributed by atoms with Gasteiger partial charge in [0.15, 0.2) is 0 Å². The third-order valence-corrected chi connectivity index (χ3v) is 8.91. The van der Waals surface area contributed by atoms with E-state index in [0.29, 0.717) is 20.3 Å². The van der Waals surface area contributed by atoms with Crippen molar-refractivity contribution in [1.29, 1.82) is 0 Å². The summed E-state index contributed by atoms with van der Waals surface area (Å²) in [5.74, 6) is -11.5. The van der Waals surface area contributed by atoms with Gasteiger partial charge in [-0.2, -0.15) is 17.6 Å². The van der Waals surface area contributed by atoms with Gasteiger partial charge in [0.1, 0.15) is 12.2 Å². The number of rotatable bonds is 6. The van der Waals surface area contributed by atoms with Crippen molar-refractivity contribution in [3.05, 3.63) is 0 Å². The zero-order chi connectivity index (χ0) is 27.0. The van der Waals surface area contributed by atoms with Crippen molar-refractivity contribution in [3.63, 3.8) is 0 Å². The van der Waals surface area contributed by atoms with Gasteiger partial charge in [-0.1, -0.05) is 0 Å². The summed E-state index contributed by atoms with van der Waals surface area (Å²) in [6.45, 7) is 0.664. The molecule has 0 spiro atoms. The van der Waals surface area contributed by atoms with Gasteiger partial charge in [-0.25, -0.2) is 9.59 Å². The third-order valence-electron chi connectivity index (χ3n) is 8.91. The first-order chi connectivity index (χ1) is 17.2. The molecule has 2 heterocycles. The summed E-state index contributed by atoms with van der Waals surface area (Å²) in [6, 6.07) is 0. The molecule has 0 aromatic heterocycles. The first-order valence-corrected chi connectivity index (χ1v) is 12.4. The highest BCUT2D eigenvalue weighted by Crippen LogP contribution is 2.58. The minimum absolute atomic E-state index is 0.0143. The maximum atomic E-state index is 12.7. The second kappa shape index (κ2) is 8.81.